The van der Waals surface area contributed by atoms with E-state index in [0.717, 1.165) is 16.8 Å². The van der Waals surface area contributed by atoms with Crippen LogP contribution >= 0.6 is 0 Å². The highest BCUT2D eigenvalue weighted by molar-refractivity contribution is 5.92. The zero-order valence-electron chi connectivity index (χ0n) is 15.4. The van der Waals surface area contributed by atoms with Crippen LogP contribution < -0.4 is 9.47 Å². The van der Waals surface area contributed by atoms with Crippen LogP contribution in [0.15, 0.2) is 45.5 Å². The highest BCUT2D eigenvalue weighted by atomic mass is 16.5. The van der Waals surface area contributed by atoms with E-state index in [1.54, 1.807) is 31.3 Å². The molecule has 0 spiro atoms. The minimum Gasteiger partial charge on any atom is -0.493 e. The standard InChI is InChI=1S/C20H20N2O5/c1-12-9-18(27-21-12)19-14-11-17(25-3)16(24-2)10-13(14)6-7-22(19)20(23)15-5-4-8-26-15/h4-5,8-11,19H,6-7H2,1-3H3. The maximum absolute atomic E-state index is 13.1. The number of hydrogen-bond acceptors (Lipinski definition) is 6. The summed E-state index contributed by atoms with van der Waals surface area (Å²) >= 11 is 0. The van der Waals surface area contributed by atoms with Gasteiger partial charge in [-0.3, -0.25) is 4.79 Å². The molecule has 0 saturated carbocycles. The SMILES string of the molecule is COc1cc2c(cc1OC)C(c1cc(C)no1)N(C(=O)c1ccco1)CC2. The molecular formula is C20H20N2O5. The first-order valence-corrected chi connectivity index (χ1v) is 8.65. The van der Waals surface area contributed by atoms with Crippen molar-refractivity contribution in [3.63, 3.8) is 0 Å². The molecule has 0 bridgehead atoms. The number of amides is 1. The third kappa shape index (κ3) is 2.95. The van der Waals surface area contributed by atoms with Crippen LogP contribution in [0.4, 0.5) is 0 Å². The van der Waals surface area contributed by atoms with Gasteiger partial charge in [-0.1, -0.05) is 5.16 Å². The Morgan fingerprint density at radius 3 is 2.63 bits per heavy atom. The Bertz CT molecular complexity index is 961. The van der Waals surface area contributed by atoms with Crippen molar-refractivity contribution in [1.82, 2.24) is 10.1 Å². The molecule has 1 aliphatic rings. The fourth-order valence-corrected chi connectivity index (χ4v) is 3.53. The van der Waals surface area contributed by atoms with E-state index in [1.807, 2.05) is 25.1 Å². The van der Waals surface area contributed by atoms with Gasteiger partial charge in [-0.05, 0) is 48.7 Å². The van der Waals surface area contributed by atoms with Gasteiger partial charge in [0, 0.05) is 12.6 Å². The Labute approximate surface area is 156 Å². The Balaban J connectivity index is 1.85. The minimum absolute atomic E-state index is 0.195. The van der Waals surface area contributed by atoms with Crippen molar-refractivity contribution in [1.29, 1.82) is 0 Å². The lowest BCUT2D eigenvalue weighted by Gasteiger charge is -2.35. The zero-order valence-corrected chi connectivity index (χ0v) is 15.4. The lowest BCUT2D eigenvalue weighted by molar-refractivity contribution is 0.0636. The number of hydrogen-bond donors (Lipinski definition) is 0. The van der Waals surface area contributed by atoms with E-state index in [4.69, 9.17) is 18.4 Å². The summed E-state index contributed by atoms with van der Waals surface area (Å²) in [6.07, 6.45) is 2.18. The van der Waals surface area contributed by atoms with Crippen LogP contribution in [0.3, 0.4) is 0 Å². The Kier molecular flexibility index (Phi) is 4.35. The van der Waals surface area contributed by atoms with Crippen molar-refractivity contribution >= 4 is 5.91 Å². The summed E-state index contributed by atoms with van der Waals surface area (Å²) in [6, 6.07) is 8.64. The van der Waals surface area contributed by atoms with Gasteiger partial charge >= 0.3 is 0 Å². The van der Waals surface area contributed by atoms with Crippen LogP contribution in [0.5, 0.6) is 11.5 Å². The van der Waals surface area contributed by atoms with Gasteiger partial charge in [0.15, 0.2) is 23.0 Å². The van der Waals surface area contributed by atoms with Crippen LogP contribution in [0.2, 0.25) is 0 Å². The van der Waals surface area contributed by atoms with Crippen LogP contribution in [0.1, 0.15) is 39.2 Å². The van der Waals surface area contributed by atoms with Crippen molar-refractivity contribution in [3.8, 4) is 11.5 Å². The highest BCUT2D eigenvalue weighted by Crippen LogP contribution is 2.41. The topological polar surface area (TPSA) is 77.9 Å². The van der Waals surface area contributed by atoms with Crippen molar-refractivity contribution in [2.24, 2.45) is 0 Å². The highest BCUT2D eigenvalue weighted by Gasteiger charge is 2.37. The number of benzene rings is 1. The van der Waals surface area contributed by atoms with E-state index in [2.05, 4.69) is 5.16 Å². The maximum atomic E-state index is 13.1. The van der Waals surface area contributed by atoms with E-state index >= 15 is 0 Å². The van der Waals surface area contributed by atoms with Gasteiger partial charge < -0.3 is 23.3 Å². The van der Waals surface area contributed by atoms with E-state index in [0.29, 0.717) is 36.0 Å². The molecule has 1 amide bonds. The first kappa shape index (κ1) is 17.2. The second kappa shape index (κ2) is 6.83. The largest absolute Gasteiger partial charge is 0.493 e. The minimum atomic E-state index is -0.424. The predicted molar refractivity (Wildman–Crippen MR) is 96.1 cm³/mol. The molecule has 1 atom stereocenters. The third-order valence-corrected chi connectivity index (χ3v) is 4.78. The van der Waals surface area contributed by atoms with Gasteiger partial charge in [0.2, 0.25) is 0 Å². The molecule has 1 aliphatic heterocycles. The van der Waals surface area contributed by atoms with E-state index in [9.17, 15) is 4.79 Å². The maximum Gasteiger partial charge on any atom is 0.290 e. The molecule has 0 N–H and O–H groups in total. The Hall–Kier alpha value is -3.22. The summed E-state index contributed by atoms with van der Waals surface area (Å²) in [5, 5.41) is 4.01. The van der Waals surface area contributed by atoms with Crippen LogP contribution in [-0.2, 0) is 6.42 Å². The second-order valence-corrected chi connectivity index (χ2v) is 6.41. The molecule has 3 heterocycles. The predicted octanol–water partition coefficient (Wildman–Crippen LogP) is 3.38. The normalized spacial score (nSPS) is 16.1. The average molecular weight is 368 g/mol. The number of furan rings is 1. The summed E-state index contributed by atoms with van der Waals surface area (Å²) in [5.74, 6) is 1.96. The Morgan fingerprint density at radius 1 is 1.22 bits per heavy atom. The van der Waals surface area contributed by atoms with Crippen LogP contribution in [0.25, 0.3) is 0 Å². The fourth-order valence-electron chi connectivity index (χ4n) is 3.53. The van der Waals surface area contributed by atoms with Crippen molar-refractivity contribution < 1.29 is 23.2 Å². The number of fused-ring (bicyclic) bond motifs is 1. The fraction of sp³-hybridized carbons (Fsp3) is 0.300. The van der Waals surface area contributed by atoms with Gasteiger partial charge in [0.1, 0.15) is 6.04 Å². The van der Waals surface area contributed by atoms with E-state index < -0.39 is 6.04 Å². The van der Waals surface area contributed by atoms with Gasteiger partial charge in [-0.25, -0.2) is 0 Å². The van der Waals surface area contributed by atoms with Crippen molar-refractivity contribution in [3.05, 3.63) is 64.9 Å². The average Bonchev–Trinajstić information content (AvgIpc) is 3.37. The summed E-state index contributed by atoms with van der Waals surface area (Å²) in [6.45, 7) is 2.37. The smallest absolute Gasteiger partial charge is 0.290 e. The van der Waals surface area contributed by atoms with Crippen LogP contribution in [-0.4, -0.2) is 36.7 Å². The number of aromatic nitrogens is 1. The van der Waals surface area contributed by atoms with Crippen LogP contribution in [0, 0.1) is 6.92 Å². The lowest BCUT2D eigenvalue weighted by Crippen LogP contribution is -2.40. The molecule has 140 valence electrons. The third-order valence-electron chi connectivity index (χ3n) is 4.78. The lowest BCUT2D eigenvalue weighted by atomic mass is 9.90. The van der Waals surface area contributed by atoms with E-state index in [1.165, 1.54) is 6.26 Å². The zero-order chi connectivity index (χ0) is 19.0. The van der Waals surface area contributed by atoms with E-state index in [-0.39, 0.29) is 5.91 Å². The molecular weight excluding hydrogens is 348 g/mol. The molecule has 0 aliphatic carbocycles. The molecule has 2 aromatic heterocycles. The van der Waals surface area contributed by atoms with Crippen molar-refractivity contribution in [2.45, 2.75) is 19.4 Å². The number of aryl methyl sites for hydroxylation is 1. The molecule has 4 rings (SSSR count). The molecule has 1 unspecified atom stereocenters. The summed E-state index contributed by atoms with van der Waals surface area (Å²) < 4.78 is 21.8. The number of rotatable bonds is 4. The molecule has 7 heteroatoms. The first-order valence-electron chi connectivity index (χ1n) is 8.65. The molecule has 0 radical (unpaired) electrons. The molecule has 1 aromatic carbocycles. The molecule has 7 nitrogen and oxygen atoms in total. The number of methoxy groups -OCH3 is 2. The Morgan fingerprint density at radius 2 is 2.00 bits per heavy atom. The number of nitrogens with zero attached hydrogens (tertiary/aromatic N) is 2. The van der Waals surface area contributed by atoms with Gasteiger partial charge in [0.05, 0.1) is 26.2 Å². The molecule has 0 fully saturated rings. The number of carbonyl (C=O) groups excluding carboxylic acids is 1. The second-order valence-electron chi connectivity index (χ2n) is 6.41. The van der Waals surface area contributed by atoms with Gasteiger partial charge in [-0.2, -0.15) is 0 Å². The van der Waals surface area contributed by atoms with Gasteiger partial charge in [0.25, 0.3) is 5.91 Å². The first-order chi connectivity index (χ1) is 13.1. The molecule has 27 heavy (non-hydrogen) atoms. The monoisotopic (exact) mass is 368 g/mol. The number of ether oxygens (including phenoxy) is 2. The summed E-state index contributed by atoms with van der Waals surface area (Å²) in [4.78, 5) is 14.8. The molecule has 3 aromatic rings. The molecule has 0 saturated heterocycles. The van der Waals surface area contributed by atoms with Crippen molar-refractivity contribution in [2.75, 3.05) is 20.8 Å². The van der Waals surface area contributed by atoms with Gasteiger partial charge in [-0.15, -0.1) is 0 Å². The summed E-state index contributed by atoms with van der Waals surface area (Å²) in [7, 11) is 3.20. The quantitative estimate of drug-likeness (QED) is 0.702. The number of carbonyl (C=O) groups is 1. The summed E-state index contributed by atoms with van der Waals surface area (Å²) in [5.41, 5.74) is 2.76.